The molecule has 0 bridgehead atoms. The molecule has 72 valence electrons. The van der Waals surface area contributed by atoms with Crippen molar-refractivity contribution < 1.29 is 5.11 Å². The summed E-state index contributed by atoms with van der Waals surface area (Å²) < 4.78 is 0. The first kappa shape index (κ1) is 9.23. The van der Waals surface area contributed by atoms with Gasteiger partial charge in [-0.1, -0.05) is 17.9 Å². The molecular weight excluding hydrogens is 174 g/mol. The highest BCUT2D eigenvalue weighted by Crippen LogP contribution is 2.28. The Bertz CT molecular complexity index is 375. The summed E-state index contributed by atoms with van der Waals surface area (Å²) in [7, 11) is 0. The number of aliphatic hydroxyl groups excluding tert-OH is 1. The van der Waals surface area contributed by atoms with E-state index in [1.54, 1.807) is 0 Å². The van der Waals surface area contributed by atoms with E-state index in [9.17, 15) is 0 Å². The average molecular weight is 187 g/mol. The lowest BCUT2D eigenvalue weighted by atomic mass is 9.87. The quantitative estimate of drug-likeness (QED) is 0.624. The minimum Gasteiger partial charge on any atom is -0.384 e. The molecule has 0 aliphatic heterocycles. The van der Waals surface area contributed by atoms with Crippen LogP contribution < -0.4 is 0 Å². The summed E-state index contributed by atoms with van der Waals surface area (Å²) in [5, 5.41) is 8.65. The zero-order valence-corrected chi connectivity index (χ0v) is 8.03. The van der Waals surface area contributed by atoms with Gasteiger partial charge in [0.1, 0.15) is 6.61 Å². The van der Waals surface area contributed by atoms with Crippen LogP contribution in [-0.2, 0) is 6.42 Å². The third kappa shape index (κ3) is 1.78. The van der Waals surface area contributed by atoms with E-state index < -0.39 is 0 Å². The van der Waals surface area contributed by atoms with E-state index in [1.807, 2.05) is 12.3 Å². The van der Waals surface area contributed by atoms with Gasteiger partial charge in [-0.2, -0.15) is 0 Å². The van der Waals surface area contributed by atoms with Crippen molar-refractivity contribution >= 4 is 0 Å². The molecule has 1 unspecified atom stereocenters. The molecular formula is C12H13NO. The van der Waals surface area contributed by atoms with Gasteiger partial charge in [-0.05, 0) is 30.9 Å². The molecule has 0 saturated heterocycles. The molecule has 2 rings (SSSR count). The van der Waals surface area contributed by atoms with Crippen LogP contribution in [0.4, 0.5) is 0 Å². The van der Waals surface area contributed by atoms with E-state index in [4.69, 9.17) is 5.11 Å². The fourth-order valence-corrected chi connectivity index (χ4v) is 1.92. The van der Waals surface area contributed by atoms with Crippen molar-refractivity contribution in [1.82, 2.24) is 4.98 Å². The second kappa shape index (κ2) is 4.26. The average Bonchev–Trinajstić information content (AvgIpc) is 2.26. The molecule has 2 heteroatoms. The summed E-state index contributed by atoms with van der Waals surface area (Å²) in [6.07, 6.45) is 5.17. The Morgan fingerprint density at radius 3 is 3.36 bits per heavy atom. The molecule has 1 aromatic rings. The number of fused-ring (bicyclic) bond motifs is 1. The number of aryl methyl sites for hydroxylation is 1. The first-order valence-corrected chi connectivity index (χ1v) is 4.95. The zero-order valence-electron chi connectivity index (χ0n) is 8.03. The van der Waals surface area contributed by atoms with Crippen LogP contribution in [0.1, 0.15) is 30.0 Å². The fraction of sp³-hybridized carbons (Fsp3) is 0.417. The molecule has 1 N–H and O–H groups in total. The minimum absolute atomic E-state index is 0.0569. The Labute approximate surface area is 84.0 Å². The molecule has 1 aliphatic carbocycles. The number of nitrogens with zero attached hydrogens (tertiary/aromatic N) is 1. The fourth-order valence-electron chi connectivity index (χ4n) is 1.92. The first-order valence-electron chi connectivity index (χ1n) is 4.95. The highest BCUT2D eigenvalue weighted by molar-refractivity contribution is 5.32. The molecule has 1 aromatic heterocycles. The van der Waals surface area contributed by atoms with Crippen LogP contribution in [0.5, 0.6) is 0 Å². The van der Waals surface area contributed by atoms with E-state index in [1.165, 1.54) is 12.0 Å². The van der Waals surface area contributed by atoms with Crippen LogP contribution in [0.2, 0.25) is 0 Å². The molecule has 14 heavy (non-hydrogen) atoms. The second-order valence-electron chi connectivity index (χ2n) is 3.47. The molecule has 0 radical (unpaired) electrons. The third-order valence-electron chi connectivity index (χ3n) is 2.55. The zero-order chi connectivity index (χ0) is 9.80. The SMILES string of the molecule is OCC#CC1CCCc2cccnc21. The third-order valence-corrected chi connectivity index (χ3v) is 2.55. The van der Waals surface area contributed by atoms with Gasteiger partial charge in [0.25, 0.3) is 0 Å². The Balaban J connectivity index is 2.31. The predicted molar refractivity (Wildman–Crippen MR) is 54.8 cm³/mol. The predicted octanol–water partition coefficient (Wildman–Crippen LogP) is 1.50. The summed E-state index contributed by atoms with van der Waals surface area (Å²) in [5.41, 5.74) is 2.43. The number of aromatic nitrogens is 1. The summed E-state index contributed by atoms with van der Waals surface area (Å²) in [6.45, 7) is -0.0569. The van der Waals surface area contributed by atoms with Gasteiger partial charge in [0.15, 0.2) is 0 Å². The van der Waals surface area contributed by atoms with Crippen molar-refractivity contribution in [2.45, 2.75) is 25.2 Å². The summed E-state index contributed by atoms with van der Waals surface area (Å²) >= 11 is 0. The number of hydrogen-bond acceptors (Lipinski definition) is 2. The maximum absolute atomic E-state index is 8.65. The summed E-state index contributed by atoms with van der Waals surface area (Å²) in [4.78, 5) is 4.37. The van der Waals surface area contributed by atoms with Crippen molar-refractivity contribution in [3.8, 4) is 11.8 Å². The number of hydrogen-bond donors (Lipinski definition) is 1. The monoisotopic (exact) mass is 187 g/mol. The molecule has 1 heterocycles. The van der Waals surface area contributed by atoms with Gasteiger partial charge in [-0.25, -0.2) is 0 Å². The maximum Gasteiger partial charge on any atom is 0.104 e. The van der Waals surface area contributed by atoms with Crippen molar-refractivity contribution in [1.29, 1.82) is 0 Å². The van der Waals surface area contributed by atoms with Gasteiger partial charge >= 0.3 is 0 Å². The highest BCUT2D eigenvalue weighted by Gasteiger charge is 2.18. The second-order valence-corrected chi connectivity index (χ2v) is 3.47. The largest absolute Gasteiger partial charge is 0.384 e. The maximum atomic E-state index is 8.65. The van der Waals surface area contributed by atoms with Crippen LogP contribution in [0.25, 0.3) is 0 Å². The topological polar surface area (TPSA) is 33.1 Å². The van der Waals surface area contributed by atoms with Gasteiger partial charge in [0.2, 0.25) is 0 Å². The van der Waals surface area contributed by atoms with E-state index in [0.29, 0.717) is 0 Å². The molecule has 1 aliphatic rings. The van der Waals surface area contributed by atoms with Crippen LogP contribution in [0, 0.1) is 11.8 Å². The van der Waals surface area contributed by atoms with Gasteiger partial charge in [-0.3, -0.25) is 4.98 Å². The smallest absolute Gasteiger partial charge is 0.104 e. The van der Waals surface area contributed by atoms with E-state index in [0.717, 1.165) is 18.5 Å². The molecule has 0 spiro atoms. The van der Waals surface area contributed by atoms with Gasteiger partial charge < -0.3 is 5.11 Å². The molecule has 0 saturated carbocycles. The number of aliphatic hydroxyl groups is 1. The Morgan fingerprint density at radius 1 is 1.57 bits per heavy atom. The first-order chi connectivity index (χ1) is 6.92. The van der Waals surface area contributed by atoms with Crippen LogP contribution in [0.3, 0.4) is 0 Å². The van der Waals surface area contributed by atoms with Crippen LogP contribution in [0.15, 0.2) is 18.3 Å². The van der Waals surface area contributed by atoms with Gasteiger partial charge in [0.05, 0.1) is 11.6 Å². The molecule has 1 atom stereocenters. The van der Waals surface area contributed by atoms with Crippen molar-refractivity contribution in [3.05, 3.63) is 29.6 Å². The lowest BCUT2D eigenvalue weighted by molar-refractivity contribution is 0.350. The van der Waals surface area contributed by atoms with Crippen molar-refractivity contribution in [2.75, 3.05) is 6.61 Å². The summed E-state index contributed by atoms with van der Waals surface area (Å²) in [6, 6.07) is 4.09. The Kier molecular flexibility index (Phi) is 2.81. The van der Waals surface area contributed by atoms with Crippen molar-refractivity contribution in [2.24, 2.45) is 0 Å². The Hall–Kier alpha value is -1.33. The van der Waals surface area contributed by atoms with Gasteiger partial charge in [-0.15, -0.1) is 0 Å². The molecule has 0 fully saturated rings. The lowest BCUT2D eigenvalue weighted by Gasteiger charge is -2.19. The summed E-state index contributed by atoms with van der Waals surface area (Å²) in [5.74, 6) is 6.02. The number of rotatable bonds is 0. The van der Waals surface area contributed by atoms with Gasteiger partial charge in [0, 0.05) is 6.20 Å². The normalized spacial score (nSPS) is 19.4. The van der Waals surface area contributed by atoms with E-state index >= 15 is 0 Å². The van der Waals surface area contributed by atoms with E-state index in [-0.39, 0.29) is 12.5 Å². The minimum atomic E-state index is -0.0569. The number of pyridine rings is 1. The Morgan fingerprint density at radius 2 is 2.50 bits per heavy atom. The molecule has 2 nitrogen and oxygen atoms in total. The van der Waals surface area contributed by atoms with Crippen LogP contribution >= 0.6 is 0 Å². The standard InChI is InChI=1S/C12H13NO/c14-9-3-7-11-5-1-4-10-6-2-8-13-12(10)11/h2,6,8,11,14H,1,4-5,9H2. The van der Waals surface area contributed by atoms with Crippen LogP contribution in [-0.4, -0.2) is 16.7 Å². The van der Waals surface area contributed by atoms with E-state index in [2.05, 4.69) is 22.9 Å². The lowest BCUT2D eigenvalue weighted by Crippen LogP contribution is -2.10. The van der Waals surface area contributed by atoms with Crippen molar-refractivity contribution in [3.63, 3.8) is 0 Å². The highest BCUT2D eigenvalue weighted by atomic mass is 16.2. The molecule has 0 amide bonds. The molecule has 0 aromatic carbocycles.